The van der Waals surface area contributed by atoms with Crippen molar-refractivity contribution >= 4 is 5.97 Å². The minimum Gasteiger partial charge on any atom is -0.481 e. The number of carboxylic acids is 1. The molecular formula is C14H28O2. The minimum absolute atomic E-state index is 0.115. The van der Waals surface area contributed by atoms with E-state index in [-0.39, 0.29) is 5.92 Å². The molecular weight excluding hydrogens is 200 g/mol. The maximum absolute atomic E-state index is 10.8. The monoisotopic (exact) mass is 228 g/mol. The molecule has 2 heteroatoms. The van der Waals surface area contributed by atoms with E-state index >= 15 is 0 Å². The summed E-state index contributed by atoms with van der Waals surface area (Å²) in [7, 11) is 0. The van der Waals surface area contributed by atoms with Crippen LogP contribution >= 0.6 is 0 Å². The molecule has 0 heterocycles. The lowest BCUT2D eigenvalue weighted by Gasteiger charge is -2.09. The van der Waals surface area contributed by atoms with Crippen LogP contribution in [0.15, 0.2) is 0 Å². The number of carbonyl (C=O) groups is 1. The third-order valence-electron chi connectivity index (χ3n) is 3.18. The third kappa shape index (κ3) is 8.75. The second kappa shape index (κ2) is 9.68. The summed E-state index contributed by atoms with van der Waals surface area (Å²) in [4.78, 5) is 10.8. The van der Waals surface area contributed by atoms with Crippen LogP contribution in [0.25, 0.3) is 0 Å². The van der Waals surface area contributed by atoms with Crippen LogP contribution in [-0.2, 0) is 4.79 Å². The van der Waals surface area contributed by atoms with Crippen LogP contribution in [0.1, 0.15) is 72.1 Å². The van der Waals surface area contributed by atoms with Gasteiger partial charge >= 0.3 is 5.97 Å². The van der Waals surface area contributed by atoms with Gasteiger partial charge in [-0.1, -0.05) is 59.3 Å². The zero-order chi connectivity index (χ0) is 12.4. The Morgan fingerprint density at radius 1 is 1.00 bits per heavy atom. The Balaban J connectivity index is 3.29. The highest BCUT2D eigenvalue weighted by molar-refractivity contribution is 5.69. The Morgan fingerprint density at radius 3 is 1.94 bits per heavy atom. The summed E-state index contributed by atoms with van der Waals surface area (Å²) >= 11 is 0. The van der Waals surface area contributed by atoms with Crippen molar-refractivity contribution in [2.75, 3.05) is 0 Å². The van der Waals surface area contributed by atoms with Crippen LogP contribution in [0.2, 0.25) is 0 Å². The Labute approximate surface area is 100 Å². The average Bonchev–Trinajstić information content (AvgIpc) is 2.21. The molecule has 0 bridgehead atoms. The Bertz CT molecular complexity index is 176. The molecule has 0 aromatic heterocycles. The van der Waals surface area contributed by atoms with Gasteiger partial charge < -0.3 is 5.11 Å². The van der Waals surface area contributed by atoms with Gasteiger partial charge in [0.05, 0.1) is 5.92 Å². The molecule has 0 aliphatic carbocycles. The zero-order valence-corrected chi connectivity index (χ0v) is 11.2. The van der Waals surface area contributed by atoms with E-state index in [9.17, 15) is 4.79 Å². The molecule has 0 saturated carbocycles. The van der Waals surface area contributed by atoms with Gasteiger partial charge in [-0.15, -0.1) is 0 Å². The largest absolute Gasteiger partial charge is 0.481 e. The van der Waals surface area contributed by atoms with Gasteiger partial charge in [-0.3, -0.25) is 4.79 Å². The first-order valence-corrected chi connectivity index (χ1v) is 6.80. The molecule has 1 atom stereocenters. The summed E-state index contributed by atoms with van der Waals surface area (Å²) < 4.78 is 0. The van der Waals surface area contributed by atoms with Crippen LogP contribution in [0.4, 0.5) is 0 Å². The predicted molar refractivity (Wildman–Crippen MR) is 68.6 cm³/mol. The van der Waals surface area contributed by atoms with Crippen molar-refractivity contribution in [1.29, 1.82) is 0 Å². The fourth-order valence-corrected chi connectivity index (χ4v) is 1.98. The van der Waals surface area contributed by atoms with E-state index in [0.717, 1.165) is 25.2 Å². The van der Waals surface area contributed by atoms with Crippen molar-refractivity contribution in [3.8, 4) is 0 Å². The lowest BCUT2D eigenvalue weighted by Crippen LogP contribution is -2.12. The molecule has 2 nitrogen and oxygen atoms in total. The molecule has 0 radical (unpaired) electrons. The van der Waals surface area contributed by atoms with E-state index in [1.807, 2.05) is 6.92 Å². The number of rotatable bonds is 10. The molecule has 16 heavy (non-hydrogen) atoms. The maximum Gasteiger partial charge on any atom is 0.306 e. The van der Waals surface area contributed by atoms with Crippen molar-refractivity contribution < 1.29 is 9.90 Å². The van der Waals surface area contributed by atoms with E-state index in [2.05, 4.69) is 13.8 Å². The molecule has 1 N–H and O–H groups in total. The van der Waals surface area contributed by atoms with E-state index in [0.29, 0.717) is 0 Å². The van der Waals surface area contributed by atoms with E-state index < -0.39 is 5.97 Å². The van der Waals surface area contributed by atoms with E-state index in [1.165, 1.54) is 32.1 Å². The van der Waals surface area contributed by atoms with E-state index in [4.69, 9.17) is 5.11 Å². The summed E-state index contributed by atoms with van der Waals surface area (Å²) in [6.07, 6.45) is 9.12. The highest BCUT2D eigenvalue weighted by Crippen LogP contribution is 2.16. The van der Waals surface area contributed by atoms with Gasteiger partial charge in [0.1, 0.15) is 0 Å². The first-order valence-electron chi connectivity index (χ1n) is 6.80. The Hall–Kier alpha value is -0.530. The number of aliphatic carboxylic acids is 1. The third-order valence-corrected chi connectivity index (χ3v) is 3.18. The van der Waals surface area contributed by atoms with Gasteiger partial charge in [0.15, 0.2) is 0 Å². The summed E-state index contributed by atoms with van der Waals surface area (Å²) in [5.74, 6) is 0.0782. The van der Waals surface area contributed by atoms with Crippen LogP contribution in [-0.4, -0.2) is 11.1 Å². The fraction of sp³-hybridized carbons (Fsp3) is 0.929. The average molecular weight is 228 g/mol. The summed E-state index contributed by atoms with van der Waals surface area (Å²) in [5.41, 5.74) is 0. The highest BCUT2D eigenvalue weighted by atomic mass is 16.4. The SMILES string of the molecule is CCC(CCCCCCCC(C)C)C(=O)O. The maximum atomic E-state index is 10.8. The topological polar surface area (TPSA) is 37.3 Å². The van der Waals surface area contributed by atoms with Gasteiger partial charge in [-0.2, -0.15) is 0 Å². The number of unbranched alkanes of at least 4 members (excludes halogenated alkanes) is 4. The van der Waals surface area contributed by atoms with Gasteiger partial charge in [-0.05, 0) is 18.8 Å². The normalized spacial score (nSPS) is 13.0. The molecule has 0 aliphatic rings. The van der Waals surface area contributed by atoms with Crippen molar-refractivity contribution in [1.82, 2.24) is 0 Å². The quantitative estimate of drug-likeness (QED) is 0.560. The van der Waals surface area contributed by atoms with Crippen LogP contribution < -0.4 is 0 Å². The van der Waals surface area contributed by atoms with Crippen molar-refractivity contribution in [2.24, 2.45) is 11.8 Å². The summed E-state index contributed by atoms with van der Waals surface area (Å²) in [6.45, 7) is 6.48. The lowest BCUT2D eigenvalue weighted by atomic mass is 9.97. The first kappa shape index (κ1) is 15.5. The summed E-state index contributed by atoms with van der Waals surface area (Å²) in [5, 5.41) is 8.88. The fourth-order valence-electron chi connectivity index (χ4n) is 1.98. The molecule has 0 aromatic rings. The molecule has 0 fully saturated rings. The second-order valence-electron chi connectivity index (χ2n) is 5.18. The molecule has 0 rings (SSSR count). The highest BCUT2D eigenvalue weighted by Gasteiger charge is 2.13. The zero-order valence-electron chi connectivity index (χ0n) is 11.2. The minimum atomic E-state index is -0.623. The second-order valence-corrected chi connectivity index (χ2v) is 5.18. The van der Waals surface area contributed by atoms with Crippen LogP contribution in [0.3, 0.4) is 0 Å². The number of hydrogen-bond acceptors (Lipinski definition) is 1. The van der Waals surface area contributed by atoms with Crippen LogP contribution in [0, 0.1) is 11.8 Å². The lowest BCUT2D eigenvalue weighted by molar-refractivity contribution is -0.142. The molecule has 0 amide bonds. The molecule has 96 valence electrons. The molecule has 0 aromatic carbocycles. The van der Waals surface area contributed by atoms with Crippen molar-refractivity contribution in [3.05, 3.63) is 0 Å². The van der Waals surface area contributed by atoms with Gasteiger partial charge in [0.25, 0.3) is 0 Å². The molecule has 0 saturated heterocycles. The van der Waals surface area contributed by atoms with E-state index in [1.54, 1.807) is 0 Å². The smallest absolute Gasteiger partial charge is 0.306 e. The standard InChI is InChI=1S/C14H28O2/c1-4-13(14(15)16)11-9-7-5-6-8-10-12(2)3/h12-13H,4-11H2,1-3H3,(H,15,16). The Morgan fingerprint density at radius 2 is 1.50 bits per heavy atom. The number of carboxylic acid groups (broad SMARTS) is 1. The first-order chi connectivity index (χ1) is 7.57. The van der Waals surface area contributed by atoms with Gasteiger partial charge in [0, 0.05) is 0 Å². The van der Waals surface area contributed by atoms with Crippen LogP contribution in [0.5, 0.6) is 0 Å². The van der Waals surface area contributed by atoms with Crippen molar-refractivity contribution in [3.63, 3.8) is 0 Å². The molecule has 0 spiro atoms. The summed E-state index contributed by atoms with van der Waals surface area (Å²) in [6, 6.07) is 0. The predicted octanol–water partition coefficient (Wildman–Crippen LogP) is 4.48. The molecule has 1 unspecified atom stereocenters. The van der Waals surface area contributed by atoms with Gasteiger partial charge in [0.2, 0.25) is 0 Å². The Kier molecular flexibility index (Phi) is 9.36. The van der Waals surface area contributed by atoms with Crippen molar-refractivity contribution in [2.45, 2.75) is 72.1 Å². The number of hydrogen-bond donors (Lipinski definition) is 1. The molecule has 0 aliphatic heterocycles. The van der Waals surface area contributed by atoms with Gasteiger partial charge in [-0.25, -0.2) is 0 Å².